The average molecular weight is 257 g/mol. The van der Waals surface area contributed by atoms with Crippen molar-refractivity contribution >= 4 is 16.0 Å². The van der Waals surface area contributed by atoms with Crippen LogP contribution in [0.1, 0.15) is 28.4 Å². The Bertz CT molecular complexity index is 526. The lowest BCUT2D eigenvalue weighted by Crippen LogP contribution is -2.25. The Morgan fingerprint density at radius 2 is 1.76 bits per heavy atom. The summed E-state index contributed by atoms with van der Waals surface area (Å²) in [6.07, 6.45) is 0. The Labute approximate surface area is 101 Å². The van der Waals surface area contributed by atoms with E-state index < -0.39 is 16.0 Å². The van der Waals surface area contributed by atoms with Crippen LogP contribution >= 0.6 is 0 Å². The minimum atomic E-state index is -3.56. The molecule has 2 N–H and O–H groups in total. The molecular formula is C11H15NO4S. The molecule has 0 aliphatic heterocycles. The fraction of sp³-hybridized carbons (Fsp3) is 0.364. The first-order chi connectivity index (χ1) is 7.79. The summed E-state index contributed by atoms with van der Waals surface area (Å²) in [5, 5.41) is 8.87. The Morgan fingerprint density at radius 3 is 2.12 bits per heavy atom. The second-order valence-electron chi connectivity index (χ2n) is 3.75. The molecule has 0 aliphatic rings. The van der Waals surface area contributed by atoms with E-state index in [1.54, 1.807) is 20.8 Å². The van der Waals surface area contributed by atoms with E-state index in [-0.39, 0.29) is 10.5 Å². The maximum atomic E-state index is 11.9. The maximum Gasteiger partial charge on any atom is 0.335 e. The Hall–Kier alpha value is -1.40. The molecule has 0 amide bonds. The second kappa shape index (κ2) is 4.85. The summed E-state index contributed by atoms with van der Waals surface area (Å²) in [5.41, 5.74) is 0.960. The SMILES string of the molecule is CCNS(=O)(=O)c1c(C)cc(C(=O)O)cc1C. The van der Waals surface area contributed by atoms with Crippen LogP contribution in [-0.4, -0.2) is 26.0 Å². The quantitative estimate of drug-likeness (QED) is 0.851. The van der Waals surface area contributed by atoms with Crippen molar-refractivity contribution in [1.29, 1.82) is 0 Å². The molecule has 0 unspecified atom stereocenters. The fourth-order valence-corrected chi connectivity index (χ4v) is 3.25. The smallest absolute Gasteiger partial charge is 0.335 e. The molecule has 94 valence electrons. The van der Waals surface area contributed by atoms with Gasteiger partial charge in [0.15, 0.2) is 0 Å². The van der Waals surface area contributed by atoms with Crippen molar-refractivity contribution < 1.29 is 18.3 Å². The number of aryl methyl sites for hydroxylation is 2. The van der Waals surface area contributed by atoms with Crippen molar-refractivity contribution in [2.45, 2.75) is 25.7 Å². The summed E-state index contributed by atoms with van der Waals surface area (Å²) in [6, 6.07) is 2.72. The molecular weight excluding hydrogens is 242 g/mol. The lowest BCUT2D eigenvalue weighted by Gasteiger charge is -2.12. The van der Waals surface area contributed by atoms with Gasteiger partial charge in [-0.05, 0) is 37.1 Å². The van der Waals surface area contributed by atoms with Crippen LogP contribution in [0.4, 0.5) is 0 Å². The van der Waals surface area contributed by atoms with E-state index >= 15 is 0 Å². The van der Waals surface area contributed by atoms with Crippen molar-refractivity contribution in [3.63, 3.8) is 0 Å². The Morgan fingerprint density at radius 1 is 1.29 bits per heavy atom. The highest BCUT2D eigenvalue weighted by Gasteiger charge is 2.20. The standard InChI is InChI=1S/C11H15NO4S/c1-4-12-17(15,16)10-7(2)5-9(11(13)14)6-8(10)3/h5-6,12H,4H2,1-3H3,(H,13,14). The first-order valence-corrected chi connectivity index (χ1v) is 6.62. The van der Waals surface area contributed by atoms with E-state index in [4.69, 9.17) is 5.11 Å². The number of aromatic carboxylic acids is 1. The minimum absolute atomic E-state index is 0.0930. The van der Waals surface area contributed by atoms with Gasteiger partial charge in [0.2, 0.25) is 10.0 Å². The normalized spacial score (nSPS) is 11.5. The van der Waals surface area contributed by atoms with Gasteiger partial charge in [0, 0.05) is 6.54 Å². The summed E-state index contributed by atoms with van der Waals surface area (Å²) in [5.74, 6) is -1.07. The zero-order valence-corrected chi connectivity index (χ0v) is 10.8. The molecule has 1 rings (SSSR count). The zero-order valence-electron chi connectivity index (χ0n) is 9.94. The van der Waals surface area contributed by atoms with E-state index in [1.165, 1.54) is 12.1 Å². The van der Waals surface area contributed by atoms with E-state index in [0.717, 1.165) is 0 Å². The minimum Gasteiger partial charge on any atom is -0.478 e. The van der Waals surface area contributed by atoms with Gasteiger partial charge < -0.3 is 5.11 Å². The number of rotatable bonds is 4. The van der Waals surface area contributed by atoms with Gasteiger partial charge >= 0.3 is 5.97 Å². The van der Waals surface area contributed by atoms with Crippen molar-refractivity contribution in [2.75, 3.05) is 6.54 Å². The molecule has 0 bridgehead atoms. The van der Waals surface area contributed by atoms with E-state index in [9.17, 15) is 13.2 Å². The van der Waals surface area contributed by atoms with E-state index in [1.807, 2.05) is 0 Å². The van der Waals surface area contributed by atoms with Crippen LogP contribution in [-0.2, 0) is 10.0 Å². The van der Waals surface area contributed by atoms with E-state index in [0.29, 0.717) is 17.7 Å². The number of hydrogen-bond acceptors (Lipinski definition) is 3. The molecule has 0 spiro atoms. The summed E-state index contributed by atoms with van der Waals surface area (Å²) in [4.78, 5) is 11.0. The third kappa shape index (κ3) is 2.83. The van der Waals surface area contributed by atoms with Gasteiger partial charge in [-0.2, -0.15) is 0 Å². The lowest BCUT2D eigenvalue weighted by atomic mass is 10.1. The molecule has 5 nitrogen and oxygen atoms in total. The van der Waals surface area contributed by atoms with Crippen molar-refractivity contribution in [1.82, 2.24) is 4.72 Å². The van der Waals surface area contributed by atoms with Crippen LogP contribution in [0.3, 0.4) is 0 Å². The molecule has 0 saturated carbocycles. The summed E-state index contributed by atoms with van der Waals surface area (Å²) >= 11 is 0. The van der Waals surface area contributed by atoms with Crippen LogP contribution in [0.5, 0.6) is 0 Å². The molecule has 0 aliphatic carbocycles. The van der Waals surface area contributed by atoms with Gasteiger partial charge in [0.25, 0.3) is 0 Å². The first-order valence-electron chi connectivity index (χ1n) is 5.13. The predicted molar refractivity (Wildman–Crippen MR) is 63.7 cm³/mol. The zero-order chi connectivity index (χ0) is 13.2. The monoisotopic (exact) mass is 257 g/mol. The van der Waals surface area contributed by atoms with Crippen LogP contribution in [0.25, 0.3) is 0 Å². The molecule has 0 atom stereocenters. The summed E-state index contributed by atoms with van der Waals surface area (Å²) in [6.45, 7) is 5.16. The highest BCUT2D eigenvalue weighted by molar-refractivity contribution is 7.89. The number of carboxylic acids is 1. The van der Waals surface area contributed by atoms with Crippen LogP contribution in [0, 0.1) is 13.8 Å². The van der Waals surface area contributed by atoms with Crippen molar-refractivity contribution in [3.8, 4) is 0 Å². The van der Waals surface area contributed by atoms with Gasteiger partial charge in [0.1, 0.15) is 0 Å². The number of benzene rings is 1. The number of nitrogens with one attached hydrogen (secondary N) is 1. The average Bonchev–Trinajstić information content (AvgIpc) is 2.15. The lowest BCUT2D eigenvalue weighted by molar-refractivity contribution is 0.0696. The third-order valence-electron chi connectivity index (χ3n) is 2.31. The second-order valence-corrected chi connectivity index (χ2v) is 5.45. The van der Waals surface area contributed by atoms with Crippen molar-refractivity contribution in [2.24, 2.45) is 0 Å². The first kappa shape index (κ1) is 13.7. The topological polar surface area (TPSA) is 83.5 Å². The molecule has 17 heavy (non-hydrogen) atoms. The molecule has 1 aromatic carbocycles. The number of sulfonamides is 1. The fourth-order valence-electron chi connectivity index (χ4n) is 1.76. The third-order valence-corrected chi connectivity index (χ3v) is 4.16. The number of carboxylic acid groups (broad SMARTS) is 1. The van der Waals surface area contributed by atoms with E-state index in [2.05, 4.69) is 4.72 Å². The Balaban J connectivity index is 3.43. The van der Waals surface area contributed by atoms with Crippen molar-refractivity contribution in [3.05, 3.63) is 28.8 Å². The van der Waals surface area contributed by atoms with Crippen LogP contribution in [0.2, 0.25) is 0 Å². The van der Waals surface area contributed by atoms with Gasteiger partial charge in [-0.15, -0.1) is 0 Å². The van der Waals surface area contributed by atoms with Gasteiger partial charge in [-0.25, -0.2) is 17.9 Å². The molecule has 6 heteroatoms. The highest BCUT2D eigenvalue weighted by Crippen LogP contribution is 2.21. The predicted octanol–water partition coefficient (Wildman–Crippen LogP) is 1.30. The molecule has 0 heterocycles. The summed E-state index contributed by atoms with van der Waals surface area (Å²) < 4.78 is 26.2. The summed E-state index contributed by atoms with van der Waals surface area (Å²) in [7, 11) is -3.56. The van der Waals surface area contributed by atoms with Crippen LogP contribution in [0.15, 0.2) is 17.0 Å². The molecule has 1 aromatic rings. The largest absolute Gasteiger partial charge is 0.478 e. The highest BCUT2D eigenvalue weighted by atomic mass is 32.2. The number of carbonyl (C=O) groups is 1. The Kier molecular flexibility index (Phi) is 3.90. The van der Waals surface area contributed by atoms with Gasteiger partial charge in [-0.3, -0.25) is 0 Å². The molecule has 0 saturated heterocycles. The maximum absolute atomic E-state index is 11.9. The van der Waals surface area contributed by atoms with Gasteiger partial charge in [-0.1, -0.05) is 6.92 Å². The number of hydrogen-bond donors (Lipinski definition) is 2. The van der Waals surface area contributed by atoms with Gasteiger partial charge in [0.05, 0.1) is 10.5 Å². The molecule has 0 radical (unpaired) electrons. The van der Waals surface area contributed by atoms with Crippen LogP contribution < -0.4 is 4.72 Å². The molecule has 0 fully saturated rings. The molecule has 0 aromatic heterocycles.